The van der Waals surface area contributed by atoms with Gasteiger partial charge in [0, 0.05) is 65.9 Å². The Hall–Kier alpha value is -4.08. The summed E-state index contributed by atoms with van der Waals surface area (Å²) in [5, 5.41) is 3.81. The van der Waals surface area contributed by atoms with Crippen molar-refractivity contribution in [2.45, 2.75) is 46.6 Å². The molecule has 1 N–H and O–H groups in total. The summed E-state index contributed by atoms with van der Waals surface area (Å²) in [6, 6.07) is 14.0. The van der Waals surface area contributed by atoms with Gasteiger partial charge in [-0.15, -0.1) is 11.3 Å². The van der Waals surface area contributed by atoms with E-state index in [9.17, 15) is 9.59 Å². The molecule has 0 spiro atoms. The summed E-state index contributed by atoms with van der Waals surface area (Å²) in [6.07, 6.45) is 5.18. The van der Waals surface area contributed by atoms with Crippen molar-refractivity contribution in [3.05, 3.63) is 92.9 Å². The Kier molecular flexibility index (Phi) is 11.1. The standard InChI is InChI=1S/C35H41ClN4O4S/c1-8-26(25-20-23(2)45-22-25)31(33-32(36)27-12-9-10-13-28(27)38-33)24-15-16-29(37-21-24)43-19-18-40(34(42)44-35(3,4)5)17-11-14-30(41)39(6)7/h9-16,20-22,38H,8,17-19H2,1-7H3/b14-11+,31-26+. The number of halogens is 1. The van der Waals surface area contributed by atoms with Gasteiger partial charge in [0.2, 0.25) is 11.8 Å². The molecule has 0 unspecified atom stereocenters. The number of benzene rings is 1. The fourth-order valence-electron chi connectivity index (χ4n) is 4.76. The molecule has 0 aliphatic rings. The number of amides is 2. The summed E-state index contributed by atoms with van der Waals surface area (Å²) in [4.78, 5) is 37.2. The minimum absolute atomic E-state index is 0.165. The van der Waals surface area contributed by atoms with Crippen molar-refractivity contribution in [2.24, 2.45) is 0 Å². The number of hydrogen-bond acceptors (Lipinski definition) is 6. The van der Waals surface area contributed by atoms with Gasteiger partial charge in [-0.25, -0.2) is 9.78 Å². The number of allylic oxidation sites excluding steroid dienone is 1. The van der Waals surface area contributed by atoms with Gasteiger partial charge in [0.15, 0.2) is 0 Å². The fraction of sp³-hybridized carbons (Fsp3) is 0.343. The highest BCUT2D eigenvalue weighted by Gasteiger charge is 2.23. The second-order valence-corrected chi connectivity index (χ2v) is 13.3. The lowest BCUT2D eigenvalue weighted by Crippen LogP contribution is -2.39. The molecule has 10 heteroatoms. The number of likely N-dealkylation sites (N-methyl/N-ethyl adjacent to an activating group) is 1. The molecule has 0 aliphatic heterocycles. The van der Waals surface area contributed by atoms with Crippen molar-refractivity contribution in [3.8, 4) is 5.88 Å². The lowest BCUT2D eigenvalue weighted by molar-refractivity contribution is -0.123. The maximum Gasteiger partial charge on any atom is 0.410 e. The number of pyridine rings is 1. The second kappa shape index (κ2) is 14.8. The molecule has 238 valence electrons. The Labute approximate surface area is 274 Å². The minimum Gasteiger partial charge on any atom is -0.476 e. The summed E-state index contributed by atoms with van der Waals surface area (Å²) in [7, 11) is 3.34. The lowest BCUT2D eigenvalue weighted by atomic mass is 9.92. The average molecular weight is 649 g/mol. The minimum atomic E-state index is -0.658. The number of nitrogens with one attached hydrogen (secondary N) is 1. The maximum atomic E-state index is 12.9. The van der Waals surface area contributed by atoms with Gasteiger partial charge in [0.25, 0.3) is 0 Å². The Morgan fingerprint density at radius 1 is 1.11 bits per heavy atom. The summed E-state index contributed by atoms with van der Waals surface area (Å²) < 4.78 is 11.5. The number of aryl methyl sites for hydroxylation is 1. The number of carbonyl (C=O) groups excluding carboxylic acids is 2. The van der Waals surface area contributed by atoms with Crippen molar-refractivity contribution in [2.75, 3.05) is 33.8 Å². The normalized spacial score (nSPS) is 12.4. The highest BCUT2D eigenvalue weighted by molar-refractivity contribution is 7.10. The average Bonchev–Trinajstić information content (AvgIpc) is 3.57. The van der Waals surface area contributed by atoms with Crippen LogP contribution in [0.2, 0.25) is 5.02 Å². The first kappa shape index (κ1) is 33.8. The molecule has 8 nitrogen and oxygen atoms in total. The molecule has 0 aliphatic carbocycles. The Bertz CT molecular complexity index is 1700. The predicted molar refractivity (Wildman–Crippen MR) is 184 cm³/mol. The molecule has 0 fully saturated rings. The van der Waals surface area contributed by atoms with E-state index in [0.29, 0.717) is 10.9 Å². The van der Waals surface area contributed by atoms with Crippen LogP contribution in [0.4, 0.5) is 4.79 Å². The number of H-pyrrole nitrogens is 1. The number of para-hydroxylation sites is 1. The smallest absolute Gasteiger partial charge is 0.410 e. The van der Waals surface area contributed by atoms with Crippen LogP contribution >= 0.6 is 22.9 Å². The summed E-state index contributed by atoms with van der Waals surface area (Å²) in [5.74, 6) is 0.259. The molecule has 0 saturated heterocycles. The Morgan fingerprint density at radius 2 is 1.87 bits per heavy atom. The summed E-state index contributed by atoms with van der Waals surface area (Å²) in [6.45, 7) is 10.3. The lowest BCUT2D eigenvalue weighted by Gasteiger charge is -2.26. The molecule has 0 atom stereocenters. The van der Waals surface area contributed by atoms with Crippen LogP contribution in [-0.4, -0.2) is 71.2 Å². The number of hydrogen-bond donors (Lipinski definition) is 1. The zero-order chi connectivity index (χ0) is 32.7. The van der Waals surface area contributed by atoms with Crippen molar-refractivity contribution in [3.63, 3.8) is 0 Å². The van der Waals surface area contributed by atoms with Gasteiger partial charge < -0.3 is 24.3 Å². The van der Waals surface area contributed by atoms with E-state index in [1.54, 1.807) is 37.7 Å². The molecule has 2 amide bonds. The van der Waals surface area contributed by atoms with E-state index in [1.807, 2.05) is 57.2 Å². The highest BCUT2D eigenvalue weighted by Crippen LogP contribution is 2.41. The Morgan fingerprint density at radius 3 is 2.47 bits per heavy atom. The van der Waals surface area contributed by atoms with E-state index in [4.69, 9.17) is 21.1 Å². The van der Waals surface area contributed by atoms with E-state index >= 15 is 0 Å². The number of aromatic nitrogens is 2. The number of ether oxygens (including phenoxy) is 2. The second-order valence-electron chi connectivity index (χ2n) is 11.8. The number of rotatable bonds is 11. The molecule has 3 heterocycles. The summed E-state index contributed by atoms with van der Waals surface area (Å²) in [5.41, 5.74) is 5.38. The van der Waals surface area contributed by atoms with E-state index in [2.05, 4.69) is 35.3 Å². The van der Waals surface area contributed by atoms with Crippen LogP contribution in [0, 0.1) is 6.92 Å². The molecule has 0 bridgehead atoms. The van der Waals surface area contributed by atoms with Crippen LogP contribution in [0.25, 0.3) is 22.0 Å². The van der Waals surface area contributed by atoms with Crippen LogP contribution in [0.5, 0.6) is 5.88 Å². The molecule has 45 heavy (non-hydrogen) atoms. The maximum absolute atomic E-state index is 12.9. The van der Waals surface area contributed by atoms with Gasteiger partial charge >= 0.3 is 6.09 Å². The van der Waals surface area contributed by atoms with Gasteiger partial charge in [0.05, 0.1) is 17.3 Å². The largest absolute Gasteiger partial charge is 0.476 e. The molecule has 4 aromatic rings. The van der Waals surface area contributed by atoms with E-state index in [0.717, 1.165) is 45.3 Å². The number of carbonyl (C=O) groups is 2. The first-order valence-electron chi connectivity index (χ1n) is 14.9. The van der Waals surface area contributed by atoms with E-state index in [1.165, 1.54) is 20.8 Å². The van der Waals surface area contributed by atoms with Crippen LogP contribution in [0.3, 0.4) is 0 Å². The van der Waals surface area contributed by atoms with Crippen LogP contribution in [-0.2, 0) is 9.53 Å². The molecule has 0 radical (unpaired) electrons. The number of thiophene rings is 1. The summed E-state index contributed by atoms with van der Waals surface area (Å²) >= 11 is 8.70. The van der Waals surface area contributed by atoms with Gasteiger partial charge in [-0.1, -0.05) is 42.8 Å². The van der Waals surface area contributed by atoms with Crippen LogP contribution < -0.4 is 4.74 Å². The van der Waals surface area contributed by atoms with E-state index < -0.39 is 11.7 Å². The van der Waals surface area contributed by atoms with Gasteiger partial charge in [-0.3, -0.25) is 4.79 Å². The SMILES string of the molecule is CC/C(=C(/c1ccc(OCCN(C/C=C/C(=O)N(C)C)C(=O)OC(C)(C)C)nc1)c1[nH]c2ccccc2c1Cl)c1csc(C)c1. The van der Waals surface area contributed by atoms with Crippen molar-refractivity contribution in [1.29, 1.82) is 0 Å². The zero-order valence-corrected chi connectivity index (χ0v) is 28.5. The third-order valence-corrected chi connectivity index (χ3v) is 8.20. The first-order chi connectivity index (χ1) is 21.4. The van der Waals surface area contributed by atoms with Gasteiger partial charge in [-0.05, 0) is 68.8 Å². The molecule has 1 aromatic carbocycles. The fourth-order valence-corrected chi connectivity index (χ4v) is 5.79. The van der Waals surface area contributed by atoms with Crippen molar-refractivity contribution < 1.29 is 19.1 Å². The Balaban J connectivity index is 1.57. The monoisotopic (exact) mass is 648 g/mol. The van der Waals surface area contributed by atoms with Crippen molar-refractivity contribution in [1.82, 2.24) is 19.8 Å². The first-order valence-corrected chi connectivity index (χ1v) is 16.1. The van der Waals surface area contributed by atoms with E-state index in [-0.39, 0.29) is 25.6 Å². The van der Waals surface area contributed by atoms with Crippen molar-refractivity contribution >= 4 is 57.0 Å². The quantitative estimate of drug-likeness (QED) is 0.166. The third-order valence-electron chi connectivity index (χ3n) is 6.94. The van der Waals surface area contributed by atoms with Crippen LogP contribution in [0.15, 0.2) is 66.2 Å². The predicted octanol–water partition coefficient (Wildman–Crippen LogP) is 8.22. The molecular formula is C35H41ClN4O4S. The topological polar surface area (TPSA) is 87.8 Å². The molecule has 3 aromatic heterocycles. The molecule has 4 rings (SSSR count). The molecular weight excluding hydrogens is 608 g/mol. The number of nitrogens with zero attached hydrogens (tertiary/aromatic N) is 3. The number of aromatic amines is 1. The zero-order valence-electron chi connectivity index (χ0n) is 26.9. The highest BCUT2D eigenvalue weighted by atomic mass is 35.5. The van der Waals surface area contributed by atoms with Crippen LogP contribution in [0.1, 0.15) is 55.8 Å². The van der Waals surface area contributed by atoms with Gasteiger partial charge in [0.1, 0.15) is 12.2 Å². The molecule has 0 saturated carbocycles. The number of fused-ring (bicyclic) bond motifs is 1. The third kappa shape index (κ3) is 8.77. The van der Waals surface area contributed by atoms with Gasteiger partial charge in [-0.2, -0.15) is 0 Å².